The molecule has 0 radical (unpaired) electrons. The van der Waals surface area contributed by atoms with Crippen LogP contribution >= 0.6 is 11.8 Å². The van der Waals surface area contributed by atoms with Crippen molar-refractivity contribution < 1.29 is 9.50 Å². The van der Waals surface area contributed by atoms with Crippen molar-refractivity contribution in [1.82, 2.24) is 5.32 Å². The van der Waals surface area contributed by atoms with Gasteiger partial charge in [-0.15, -0.1) is 11.8 Å². The van der Waals surface area contributed by atoms with E-state index in [0.717, 1.165) is 10.5 Å². The SMILES string of the molecule is CC(C)(F)c1cccc(SCNCc2ccccc2O)c1. The molecule has 0 saturated heterocycles. The zero-order valence-electron chi connectivity index (χ0n) is 12.3. The zero-order chi connectivity index (χ0) is 15.3. The second kappa shape index (κ2) is 6.96. The molecule has 2 rings (SSSR count). The summed E-state index contributed by atoms with van der Waals surface area (Å²) in [6, 6.07) is 14.8. The Bertz CT molecular complexity index is 595. The number of phenolic OH excluding ortho intramolecular Hbond substituents is 1. The van der Waals surface area contributed by atoms with E-state index in [1.54, 1.807) is 43.8 Å². The highest BCUT2D eigenvalue weighted by atomic mass is 32.2. The van der Waals surface area contributed by atoms with Gasteiger partial charge in [-0.1, -0.05) is 30.3 Å². The molecule has 112 valence electrons. The molecule has 0 spiro atoms. The van der Waals surface area contributed by atoms with Gasteiger partial charge in [-0.05, 0) is 37.6 Å². The number of thioether (sulfide) groups is 1. The zero-order valence-corrected chi connectivity index (χ0v) is 13.1. The number of benzene rings is 2. The van der Waals surface area contributed by atoms with Crippen LogP contribution in [0.1, 0.15) is 25.0 Å². The van der Waals surface area contributed by atoms with Crippen LogP contribution in [0.15, 0.2) is 53.4 Å². The summed E-state index contributed by atoms with van der Waals surface area (Å²) in [5.41, 5.74) is 0.241. The maximum atomic E-state index is 13.9. The van der Waals surface area contributed by atoms with Crippen LogP contribution in [-0.4, -0.2) is 11.0 Å². The number of nitrogens with one attached hydrogen (secondary N) is 1. The lowest BCUT2D eigenvalue weighted by molar-refractivity contribution is 0.221. The molecular weight excluding hydrogens is 285 g/mol. The molecule has 2 N–H and O–H groups in total. The summed E-state index contributed by atoms with van der Waals surface area (Å²) in [4.78, 5) is 1.03. The highest BCUT2D eigenvalue weighted by molar-refractivity contribution is 7.99. The molecule has 0 heterocycles. The Kier molecular flexibility index (Phi) is 5.26. The van der Waals surface area contributed by atoms with E-state index in [1.807, 2.05) is 30.3 Å². The number of alkyl halides is 1. The smallest absolute Gasteiger partial charge is 0.130 e. The number of halogens is 1. The van der Waals surface area contributed by atoms with Gasteiger partial charge in [0.1, 0.15) is 11.4 Å². The van der Waals surface area contributed by atoms with Crippen molar-refractivity contribution in [3.8, 4) is 5.75 Å². The van der Waals surface area contributed by atoms with E-state index in [1.165, 1.54) is 0 Å². The summed E-state index contributed by atoms with van der Waals surface area (Å²) in [6.45, 7) is 3.73. The number of para-hydroxylation sites is 1. The van der Waals surface area contributed by atoms with Crippen molar-refractivity contribution in [2.45, 2.75) is 31.0 Å². The summed E-state index contributed by atoms with van der Waals surface area (Å²) in [5, 5.41) is 12.9. The Hall–Kier alpha value is -1.52. The van der Waals surface area contributed by atoms with E-state index in [2.05, 4.69) is 5.32 Å². The predicted octanol–water partition coefficient (Wildman–Crippen LogP) is 4.44. The molecule has 0 aliphatic heterocycles. The molecule has 0 aliphatic rings. The molecule has 0 atom stereocenters. The molecule has 2 aromatic rings. The van der Waals surface area contributed by atoms with Gasteiger partial charge in [0.2, 0.25) is 0 Å². The van der Waals surface area contributed by atoms with Gasteiger partial charge in [0.15, 0.2) is 0 Å². The van der Waals surface area contributed by atoms with Crippen LogP contribution in [0.25, 0.3) is 0 Å². The van der Waals surface area contributed by atoms with E-state index in [0.29, 0.717) is 23.7 Å². The molecular formula is C17H20FNOS. The van der Waals surface area contributed by atoms with Crippen molar-refractivity contribution in [1.29, 1.82) is 0 Å². The van der Waals surface area contributed by atoms with Crippen LogP contribution in [0.3, 0.4) is 0 Å². The Morgan fingerprint density at radius 1 is 1.14 bits per heavy atom. The highest BCUT2D eigenvalue weighted by Gasteiger charge is 2.18. The normalized spacial score (nSPS) is 11.6. The van der Waals surface area contributed by atoms with Gasteiger partial charge < -0.3 is 10.4 Å². The molecule has 0 fully saturated rings. The Morgan fingerprint density at radius 2 is 1.90 bits per heavy atom. The molecule has 0 amide bonds. The molecule has 0 aromatic heterocycles. The van der Waals surface area contributed by atoms with Crippen LogP contribution in [0.4, 0.5) is 4.39 Å². The largest absolute Gasteiger partial charge is 0.508 e. The lowest BCUT2D eigenvalue weighted by atomic mass is 10.0. The lowest BCUT2D eigenvalue weighted by Crippen LogP contribution is -2.12. The van der Waals surface area contributed by atoms with Crippen molar-refractivity contribution in [3.05, 3.63) is 59.7 Å². The minimum atomic E-state index is -1.32. The molecule has 0 saturated carbocycles. The second-order valence-corrected chi connectivity index (χ2v) is 6.39. The molecule has 2 aromatic carbocycles. The van der Waals surface area contributed by atoms with Gasteiger partial charge in [0.25, 0.3) is 0 Å². The van der Waals surface area contributed by atoms with Gasteiger partial charge in [-0.3, -0.25) is 0 Å². The van der Waals surface area contributed by atoms with E-state index >= 15 is 0 Å². The summed E-state index contributed by atoms with van der Waals surface area (Å²) in [6.07, 6.45) is 0. The van der Waals surface area contributed by atoms with Gasteiger partial charge in [0.05, 0.1) is 0 Å². The predicted molar refractivity (Wildman–Crippen MR) is 86.2 cm³/mol. The molecule has 0 bridgehead atoms. The Morgan fingerprint density at radius 3 is 2.62 bits per heavy atom. The molecule has 4 heteroatoms. The number of rotatable bonds is 6. The highest BCUT2D eigenvalue weighted by Crippen LogP contribution is 2.28. The van der Waals surface area contributed by atoms with E-state index in [4.69, 9.17) is 0 Å². The first-order valence-corrected chi connectivity index (χ1v) is 7.85. The summed E-state index contributed by atoms with van der Waals surface area (Å²) >= 11 is 1.62. The van der Waals surface area contributed by atoms with E-state index in [9.17, 15) is 9.50 Å². The fourth-order valence-electron chi connectivity index (χ4n) is 1.94. The minimum absolute atomic E-state index is 0.302. The average Bonchev–Trinajstić information content (AvgIpc) is 2.45. The van der Waals surface area contributed by atoms with Gasteiger partial charge in [-0.2, -0.15) is 0 Å². The first-order chi connectivity index (χ1) is 9.97. The number of aromatic hydroxyl groups is 1. The minimum Gasteiger partial charge on any atom is -0.508 e. The van der Waals surface area contributed by atoms with E-state index in [-0.39, 0.29) is 0 Å². The first-order valence-electron chi connectivity index (χ1n) is 6.86. The number of phenols is 1. The standard InChI is InChI=1S/C17H20FNOS/c1-17(2,18)14-7-5-8-15(10-14)21-12-19-11-13-6-3-4-9-16(13)20/h3-10,19-20H,11-12H2,1-2H3. The monoisotopic (exact) mass is 305 g/mol. The maximum absolute atomic E-state index is 13.9. The number of hydrogen-bond acceptors (Lipinski definition) is 3. The molecule has 21 heavy (non-hydrogen) atoms. The number of hydrogen-bond donors (Lipinski definition) is 2. The molecule has 2 nitrogen and oxygen atoms in total. The average molecular weight is 305 g/mol. The summed E-state index contributed by atoms with van der Waals surface area (Å²) in [7, 11) is 0. The molecule has 0 aliphatic carbocycles. The van der Waals surface area contributed by atoms with Gasteiger partial charge >= 0.3 is 0 Å². The van der Waals surface area contributed by atoms with Crippen molar-refractivity contribution in [3.63, 3.8) is 0 Å². The van der Waals surface area contributed by atoms with Crippen molar-refractivity contribution in [2.24, 2.45) is 0 Å². The van der Waals surface area contributed by atoms with Crippen molar-refractivity contribution >= 4 is 11.8 Å². The Labute approximate surface area is 129 Å². The van der Waals surface area contributed by atoms with Crippen molar-refractivity contribution in [2.75, 3.05) is 5.88 Å². The topological polar surface area (TPSA) is 32.3 Å². The molecule has 0 unspecified atom stereocenters. The Balaban J connectivity index is 1.85. The third-order valence-corrected chi connectivity index (χ3v) is 4.10. The van der Waals surface area contributed by atoms with Crippen LogP contribution in [0, 0.1) is 0 Å². The van der Waals surface area contributed by atoms with Crippen LogP contribution in [0.2, 0.25) is 0 Å². The van der Waals surface area contributed by atoms with Crippen LogP contribution < -0.4 is 5.32 Å². The maximum Gasteiger partial charge on any atom is 0.130 e. The fraction of sp³-hybridized carbons (Fsp3) is 0.294. The van der Waals surface area contributed by atoms with Gasteiger partial charge in [-0.25, -0.2) is 4.39 Å². The fourth-order valence-corrected chi connectivity index (χ4v) is 2.69. The lowest BCUT2D eigenvalue weighted by Gasteiger charge is -2.15. The summed E-state index contributed by atoms with van der Waals surface area (Å²) in [5.74, 6) is 1.00. The first kappa shape index (κ1) is 15.9. The van der Waals surface area contributed by atoms with E-state index < -0.39 is 5.67 Å². The second-order valence-electron chi connectivity index (χ2n) is 5.34. The quantitative estimate of drug-likeness (QED) is 0.470. The van der Waals surface area contributed by atoms with Crippen LogP contribution in [0.5, 0.6) is 5.75 Å². The van der Waals surface area contributed by atoms with Gasteiger partial charge in [0, 0.05) is 22.9 Å². The van der Waals surface area contributed by atoms with Crippen LogP contribution in [-0.2, 0) is 12.2 Å². The summed E-state index contributed by atoms with van der Waals surface area (Å²) < 4.78 is 13.9. The third-order valence-electron chi connectivity index (χ3n) is 3.17. The third kappa shape index (κ3) is 4.76.